The number of nitrogens with zero attached hydrogens (tertiary/aromatic N) is 2. The maximum absolute atomic E-state index is 12.1. The second-order valence-electron chi connectivity index (χ2n) is 4.68. The van der Waals surface area contributed by atoms with Crippen LogP contribution in [0.3, 0.4) is 0 Å². The predicted molar refractivity (Wildman–Crippen MR) is 73.5 cm³/mol. The van der Waals surface area contributed by atoms with Gasteiger partial charge in [0.25, 0.3) is 0 Å². The molecule has 2 rings (SSSR count). The van der Waals surface area contributed by atoms with Crippen LogP contribution in [0.4, 0.5) is 10.5 Å². The number of carbonyl (C=O) groups is 1. The van der Waals surface area contributed by atoms with Gasteiger partial charge >= 0.3 is 6.03 Å². The van der Waals surface area contributed by atoms with Crippen LogP contribution >= 0.6 is 11.6 Å². The number of anilines is 1. The van der Waals surface area contributed by atoms with Crippen LogP contribution in [-0.2, 0) is 6.54 Å². The summed E-state index contributed by atoms with van der Waals surface area (Å²) in [5, 5.41) is 0.644. The normalized spacial score (nSPS) is 14.9. The third-order valence-electron chi connectivity index (χ3n) is 3.18. The fraction of sp³-hybridized carbons (Fsp3) is 0.462. The molecule has 1 fully saturated rings. The standard InChI is InChI=1S/C13H18ClN3O/c1-16(13(18)17-6-2-3-7-17)9-10-8-11(15)4-5-12(10)14/h4-5,8H,2-3,6-7,9,15H2,1H3. The number of urea groups is 1. The van der Waals surface area contributed by atoms with Crippen molar-refractivity contribution in [2.24, 2.45) is 0 Å². The van der Waals surface area contributed by atoms with Crippen molar-refractivity contribution < 1.29 is 4.79 Å². The van der Waals surface area contributed by atoms with Crippen molar-refractivity contribution in [3.05, 3.63) is 28.8 Å². The molecule has 2 amide bonds. The van der Waals surface area contributed by atoms with Gasteiger partial charge in [-0.15, -0.1) is 0 Å². The number of nitrogens with two attached hydrogens (primary N) is 1. The van der Waals surface area contributed by atoms with Crippen molar-refractivity contribution >= 4 is 23.3 Å². The molecule has 0 unspecified atom stereocenters. The number of hydrogen-bond donors (Lipinski definition) is 1. The van der Waals surface area contributed by atoms with Crippen LogP contribution in [0.5, 0.6) is 0 Å². The average molecular weight is 268 g/mol. The molecule has 0 saturated carbocycles. The first kappa shape index (κ1) is 13.0. The van der Waals surface area contributed by atoms with Crippen LogP contribution in [0, 0.1) is 0 Å². The van der Waals surface area contributed by atoms with E-state index in [4.69, 9.17) is 17.3 Å². The Morgan fingerprint density at radius 2 is 2.11 bits per heavy atom. The molecule has 1 heterocycles. The number of likely N-dealkylation sites (tertiary alicyclic amines) is 1. The lowest BCUT2D eigenvalue weighted by Gasteiger charge is -2.24. The second-order valence-corrected chi connectivity index (χ2v) is 5.09. The Bertz CT molecular complexity index is 444. The molecule has 0 atom stereocenters. The Kier molecular flexibility index (Phi) is 3.97. The Labute approximate surface area is 112 Å². The molecule has 0 aliphatic carbocycles. The zero-order chi connectivity index (χ0) is 13.1. The first-order valence-electron chi connectivity index (χ1n) is 6.12. The second kappa shape index (κ2) is 5.48. The third kappa shape index (κ3) is 2.88. The molecule has 0 radical (unpaired) electrons. The van der Waals surface area contributed by atoms with Gasteiger partial charge in [-0.1, -0.05) is 11.6 Å². The smallest absolute Gasteiger partial charge is 0.320 e. The average Bonchev–Trinajstić information content (AvgIpc) is 2.86. The van der Waals surface area contributed by atoms with Crippen molar-refractivity contribution in [2.75, 3.05) is 25.9 Å². The van der Waals surface area contributed by atoms with E-state index in [0.717, 1.165) is 31.5 Å². The lowest BCUT2D eigenvalue weighted by molar-refractivity contribution is 0.171. The number of carbonyl (C=O) groups excluding carboxylic acids is 1. The summed E-state index contributed by atoms with van der Waals surface area (Å²) in [6.07, 6.45) is 2.19. The summed E-state index contributed by atoms with van der Waals surface area (Å²) in [5.74, 6) is 0. The number of amides is 2. The van der Waals surface area contributed by atoms with E-state index in [0.29, 0.717) is 17.3 Å². The largest absolute Gasteiger partial charge is 0.399 e. The number of nitrogen functional groups attached to an aromatic ring is 1. The van der Waals surface area contributed by atoms with E-state index in [-0.39, 0.29) is 6.03 Å². The molecule has 1 aliphatic rings. The Morgan fingerprint density at radius 3 is 2.78 bits per heavy atom. The van der Waals surface area contributed by atoms with Gasteiger partial charge in [-0.2, -0.15) is 0 Å². The zero-order valence-electron chi connectivity index (χ0n) is 10.5. The molecule has 1 saturated heterocycles. The first-order valence-corrected chi connectivity index (χ1v) is 6.49. The number of rotatable bonds is 2. The molecule has 0 spiro atoms. The van der Waals surface area contributed by atoms with Gasteiger partial charge in [-0.3, -0.25) is 0 Å². The summed E-state index contributed by atoms with van der Waals surface area (Å²) in [4.78, 5) is 15.7. The van der Waals surface area contributed by atoms with E-state index < -0.39 is 0 Å². The van der Waals surface area contributed by atoms with Gasteiger partial charge in [0, 0.05) is 37.4 Å². The molecule has 18 heavy (non-hydrogen) atoms. The van der Waals surface area contributed by atoms with Gasteiger partial charge in [0.05, 0.1) is 0 Å². The Hall–Kier alpha value is -1.42. The lowest BCUT2D eigenvalue weighted by atomic mass is 10.2. The summed E-state index contributed by atoms with van der Waals surface area (Å²) < 4.78 is 0. The van der Waals surface area contributed by atoms with Gasteiger partial charge in [0.1, 0.15) is 0 Å². The van der Waals surface area contributed by atoms with E-state index in [9.17, 15) is 4.79 Å². The van der Waals surface area contributed by atoms with Crippen LogP contribution in [0.25, 0.3) is 0 Å². The quantitative estimate of drug-likeness (QED) is 0.838. The minimum Gasteiger partial charge on any atom is -0.399 e. The molecular weight excluding hydrogens is 250 g/mol. The lowest BCUT2D eigenvalue weighted by Crippen LogP contribution is -2.39. The molecule has 1 aromatic rings. The minimum absolute atomic E-state index is 0.0611. The molecule has 4 nitrogen and oxygen atoms in total. The molecule has 5 heteroatoms. The summed E-state index contributed by atoms with van der Waals surface area (Å²) in [7, 11) is 1.79. The topological polar surface area (TPSA) is 49.6 Å². The fourth-order valence-corrected chi connectivity index (χ4v) is 2.37. The fourth-order valence-electron chi connectivity index (χ4n) is 2.19. The van der Waals surface area contributed by atoms with Crippen molar-refractivity contribution in [1.82, 2.24) is 9.80 Å². The minimum atomic E-state index is 0.0611. The SMILES string of the molecule is CN(Cc1cc(N)ccc1Cl)C(=O)N1CCCC1. The van der Waals surface area contributed by atoms with Crippen LogP contribution in [0.15, 0.2) is 18.2 Å². The van der Waals surface area contributed by atoms with Crippen LogP contribution in [0.1, 0.15) is 18.4 Å². The van der Waals surface area contributed by atoms with Crippen LogP contribution in [-0.4, -0.2) is 36.0 Å². The van der Waals surface area contributed by atoms with E-state index in [1.807, 2.05) is 11.0 Å². The molecule has 1 aliphatic heterocycles. The Morgan fingerprint density at radius 1 is 1.44 bits per heavy atom. The number of halogens is 1. The van der Waals surface area contributed by atoms with Gasteiger partial charge in [0.2, 0.25) is 0 Å². The predicted octanol–water partition coefficient (Wildman–Crippen LogP) is 2.57. The van der Waals surface area contributed by atoms with Gasteiger partial charge < -0.3 is 15.5 Å². The first-order chi connectivity index (χ1) is 8.58. The van der Waals surface area contributed by atoms with Crippen LogP contribution < -0.4 is 5.73 Å². The summed E-state index contributed by atoms with van der Waals surface area (Å²) in [6, 6.07) is 5.40. The van der Waals surface area contributed by atoms with Crippen LogP contribution in [0.2, 0.25) is 5.02 Å². The summed E-state index contributed by atoms with van der Waals surface area (Å²) >= 11 is 6.10. The summed E-state index contributed by atoms with van der Waals surface area (Å²) in [6.45, 7) is 2.20. The van der Waals surface area contributed by atoms with Gasteiger partial charge in [0.15, 0.2) is 0 Å². The van der Waals surface area contributed by atoms with Gasteiger partial charge in [-0.25, -0.2) is 4.79 Å². The molecule has 98 valence electrons. The molecular formula is C13H18ClN3O. The Balaban J connectivity index is 2.03. The van der Waals surface area contributed by atoms with Crippen molar-refractivity contribution in [2.45, 2.75) is 19.4 Å². The van der Waals surface area contributed by atoms with E-state index in [1.54, 1.807) is 24.1 Å². The highest BCUT2D eigenvalue weighted by Gasteiger charge is 2.21. The summed E-state index contributed by atoms with van der Waals surface area (Å²) in [5.41, 5.74) is 7.27. The highest BCUT2D eigenvalue weighted by atomic mass is 35.5. The molecule has 2 N–H and O–H groups in total. The molecule has 0 bridgehead atoms. The molecule has 1 aromatic carbocycles. The van der Waals surface area contributed by atoms with Crippen molar-refractivity contribution in [1.29, 1.82) is 0 Å². The highest BCUT2D eigenvalue weighted by Crippen LogP contribution is 2.21. The number of benzene rings is 1. The highest BCUT2D eigenvalue weighted by molar-refractivity contribution is 6.31. The third-order valence-corrected chi connectivity index (χ3v) is 3.55. The van der Waals surface area contributed by atoms with E-state index in [1.165, 1.54) is 0 Å². The monoisotopic (exact) mass is 267 g/mol. The van der Waals surface area contributed by atoms with Crippen molar-refractivity contribution in [3.63, 3.8) is 0 Å². The van der Waals surface area contributed by atoms with Gasteiger partial charge in [-0.05, 0) is 36.6 Å². The number of hydrogen-bond acceptors (Lipinski definition) is 2. The zero-order valence-corrected chi connectivity index (χ0v) is 11.3. The van der Waals surface area contributed by atoms with E-state index >= 15 is 0 Å². The maximum atomic E-state index is 12.1. The maximum Gasteiger partial charge on any atom is 0.320 e. The van der Waals surface area contributed by atoms with Crippen molar-refractivity contribution in [3.8, 4) is 0 Å². The van der Waals surface area contributed by atoms with E-state index in [2.05, 4.69) is 0 Å². The molecule has 0 aromatic heterocycles.